The number of rotatable bonds is 5. The van der Waals surface area contributed by atoms with E-state index in [-0.39, 0.29) is 38.5 Å². The number of halogens is 1. The summed E-state index contributed by atoms with van der Waals surface area (Å²) in [6.07, 6.45) is 1.31. The van der Waals surface area contributed by atoms with Gasteiger partial charge < -0.3 is 4.42 Å². The Labute approximate surface area is 221 Å². The molecule has 1 aromatic heterocycles. The van der Waals surface area contributed by atoms with Gasteiger partial charge in [-0.2, -0.15) is 0 Å². The zero-order valence-corrected chi connectivity index (χ0v) is 20.5. The molecule has 1 saturated heterocycles. The number of carbonyl (C=O) groups excluding carboxylic acids is 2. The van der Waals surface area contributed by atoms with E-state index in [4.69, 9.17) is 28.2 Å². The van der Waals surface area contributed by atoms with Crippen LogP contribution in [0, 0.1) is 10.1 Å². The highest BCUT2D eigenvalue weighted by Crippen LogP contribution is 2.35. The predicted octanol–water partition coefficient (Wildman–Crippen LogP) is 6.26. The first-order valence-electron chi connectivity index (χ1n) is 10.9. The molecule has 182 valence electrons. The van der Waals surface area contributed by atoms with E-state index < -0.39 is 16.7 Å². The number of hydrogen-bond donors (Lipinski definition) is 0. The van der Waals surface area contributed by atoms with Crippen LogP contribution in [0.3, 0.4) is 0 Å². The van der Waals surface area contributed by atoms with Gasteiger partial charge in [0.05, 0.1) is 21.9 Å². The minimum atomic E-state index is -0.621. The van der Waals surface area contributed by atoms with Crippen molar-refractivity contribution < 1.29 is 18.9 Å². The van der Waals surface area contributed by atoms with Crippen LogP contribution in [0.15, 0.2) is 101 Å². The van der Waals surface area contributed by atoms with E-state index in [1.54, 1.807) is 60.7 Å². The maximum atomic E-state index is 13.6. The Morgan fingerprint density at radius 2 is 1.41 bits per heavy atom. The molecule has 8 nitrogen and oxygen atoms in total. The zero-order valence-electron chi connectivity index (χ0n) is 18.9. The first-order chi connectivity index (χ1) is 17.8. The van der Waals surface area contributed by atoms with Gasteiger partial charge in [0.2, 0.25) is 0 Å². The molecule has 5 rings (SSSR count). The van der Waals surface area contributed by atoms with Crippen LogP contribution < -0.4 is 9.80 Å². The molecule has 3 aromatic carbocycles. The average molecular weight is 530 g/mol. The lowest BCUT2D eigenvalue weighted by atomic mass is 10.1. The summed E-state index contributed by atoms with van der Waals surface area (Å²) < 4.78 is 5.81. The Morgan fingerprint density at radius 1 is 0.838 bits per heavy atom. The first kappa shape index (κ1) is 24.1. The van der Waals surface area contributed by atoms with Gasteiger partial charge in [-0.25, -0.2) is 0 Å². The summed E-state index contributed by atoms with van der Waals surface area (Å²) in [5, 5.41) is 11.7. The monoisotopic (exact) mass is 529 g/mol. The van der Waals surface area contributed by atoms with Crippen molar-refractivity contribution in [1.29, 1.82) is 0 Å². The van der Waals surface area contributed by atoms with Crippen molar-refractivity contribution in [2.75, 3.05) is 9.80 Å². The number of nitro groups is 1. The minimum absolute atomic E-state index is 0.0153. The first-order valence-corrected chi connectivity index (χ1v) is 11.7. The third-order valence-electron chi connectivity index (χ3n) is 5.61. The molecule has 0 bridgehead atoms. The number of thiocarbonyl (C=S) groups is 1. The highest BCUT2D eigenvalue weighted by molar-refractivity contribution is 7.81. The summed E-state index contributed by atoms with van der Waals surface area (Å²) in [4.78, 5) is 40.6. The molecule has 37 heavy (non-hydrogen) atoms. The number of amides is 2. The highest BCUT2D eigenvalue weighted by atomic mass is 35.5. The van der Waals surface area contributed by atoms with Gasteiger partial charge in [-0.3, -0.25) is 29.5 Å². The molecule has 0 atom stereocenters. The fraction of sp³-hybridized carbons (Fsp3) is 0. The third kappa shape index (κ3) is 4.53. The van der Waals surface area contributed by atoms with Crippen molar-refractivity contribution in [3.05, 3.63) is 117 Å². The number of carbonyl (C=O) groups is 2. The Balaban J connectivity index is 1.60. The van der Waals surface area contributed by atoms with Gasteiger partial charge in [0.15, 0.2) is 5.11 Å². The van der Waals surface area contributed by atoms with Crippen molar-refractivity contribution in [1.82, 2.24) is 0 Å². The summed E-state index contributed by atoms with van der Waals surface area (Å²) in [7, 11) is 0. The van der Waals surface area contributed by atoms with Gasteiger partial charge >= 0.3 is 0 Å². The average Bonchev–Trinajstić information content (AvgIpc) is 3.36. The lowest BCUT2D eigenvalue weighted by molar-refractivity contribution is -0.384. The molecule has 2 heterocycles. The van der Waals surface area contributed by atoms with Crippen molar-refractivity contribution in [3.8, 4) is 11.3 Å². The van der Waals surface area contributed by atoms with Crippen molar-refractivity contribution >= 4 is 63.9 Å². The van der Waals surface area contributed by atoms with Crippen molar-refractivity contribution in [3.63, 3.8) is 0 Å². The van der Waals surface area contributed by atoms with Crippen LogP contribution in [0.2, 0.25) is 5.02 Å². The quantitative estimate of drug-likeness (QED) is 0.0995. The van der Waals surface area contributed by atoms with E-state index >= 15 is 0 Å². The molecule has 0 saturated carbocycles. The second kappa shape index (κ2) is 9.81. The normalized spacial score (nSPS) is 13.8. The van der Waals surface area contributed by atoms with Crippen molar-refractivity contribution in [2.24, 2.45) is 0 Å². The molecule has 4 aromatic rings. The molecule has 0 N–H and O–H groups in total. The molecule has 0 spiro atoms. The van der Waals surface area contributed by atoms with E-state index in [0.717, 1.165) is 0 Å². The Bertz CT molecular complexity index is 1520. The van der Waals surface area contributed by atoms with Gasteiger partial charge in [0.25, 0.3) is 17.5 Å². The van der Waals surface area contributed by atoms with E-state index in [1.807, 2.05) is 0 Å². The highest BCUT2D eigenvalue weighted by Gasteiger charge is 2.41. The lowest BCUT2D eigenvalue weighted by Crippen LogP contribution is -2.56. The van der Waals surface area contributed by atoms with Crippen LogP contribution in [-0.2, 0) is 9.59 Å². The summed E-state index contributed by atoms with van der Waals surface area (Å²) in [5.74, 6) is -0.904. The molecule has 0 aliphatic carbocycles. The summed E-state index contributed by atoms with van der Waals surface area (Å²) in [5.41, 5.74) is 0.774. The van der Waals surface area contributed by atoms with Gasteiger partial charge in [-0.05, 0) is 66.8 Å². The van der Waals surface area contributed by atoms with E-state index in [1.165, 1.54) is 46.2 Å². The second-order valence-electron chi connectivity index (χ2n) is 7.91. The Hall–Kier alpha value is -4.60. The Kier molecular flexibility index (Phi) is 6.39. The predicted molar refractivity (Wildman–Crippen MR) is 144 cm³/mol. The number of anilines is 2. The van der Waals surface area contributed by atoms with E-state index in [2.05, 4.69) is 0 Å². The smallest absolute Gasteiger partial charge is 0.281 e. The molecule has 0 unspecified atom stereocenters. The third-order valence-corrected chi connectivity index (χ3v) is 6.21. The van der Waals surface area contributed by atoms with Gasteiger partial charge in [0.1, 0.15) is 17.1 Å². The molecule has 1 aliphatic heterocycles. The fourth-order valence-corrected chi connectivity index (χ4v) is 4.46. The lowest BCUT2D eigenvalue weighted by Gasteiger charge is -2.36. The van der Waals surface area contributed by atoms with Crippen LogP contribution in [0.4, 0.5) is 17.1 Å². The maximum Gasteiger partial charge on any atom is 0.281 e. The minimum Gasteiger partial charge on any atom is -0.456 e. The van der Waals surface area contributed by atoms with Crippen LogP contribution in [0.5, 0.6) is 0 Å². The second-order valence-corrected chi connectivity index (χ2v) is 8.71. The van der Waals surface area contributed by atoms with E-state index in [9.17, 15) is 19.7 Å². The number of para-hydroxylation sites is 2. The van der Waals surface area contributed by atoms with Gasteiger partial charge in [-0.1, -0.05) is 48.0 Å². The summed E-state index contributed by atoms with van der Waals surface area (Å²) in [6.45, 7) is 0. The molecule has 1 aliphatic rings. The van der Waals surface area contributed by atoms with Crippen LogP contribution in [0.25, 0.3) is 17.4 Å². The van der Waals surface area contributed by atoms with Crippen LogP contribution in [-0.4, -0.2) is 21.9 Å². The largest absolute Gasteiger partial charge is 0.456 e. The summed E-state index contributed by atoms with van der Waals surface area (Å²) >= 11 is 11.5. The zero-order chi connectivity index (χ0) is 26.1. The van der Waals surface area contributed by atoms with Crippen LogP contribution in [0.1, 0.15) is 5.76 Å². The molecule has 1 fully saturated rings. The number of furan rings is 1. The maximum absolute atomic E-state index is 13.6. The molecule has 2 amide bonds. The fourth-order valence-electron chi connectivity index (χ4n) is 3.92. The summed E-state index contributed by atoms with van der Waals surface area (Å²) in [6, 6.07) is 24.8. The SMILES string of the molecule is O=C1C(=Cc2ccc(-c3ccc(Cl)cc3[N+](=O)[O-])o2)C(=O)N(c2ccccc2)C(=S)N1c1ccccc1. The standard InChI is InChI=1S/C27H16ClN3O5S/c28-17-11-13-21(23(15-17)31(34)35)24-14-12-20(36-24)16-22-25(32)29(18-7-3-1-4-8-18)27(37)30(26(22)33)19-9-5-2-6-10-19/h1-16H. The topological polar surface area (TPSA) is 96.9 Å². The molecule has 0 radical (unpaired) electrons. The van der Waals surface area contributed by atoms with Gasteiger partial charge in [-0.15, -0.1) is 0 Å². The number of benzene rings is 3. The van der Waals surface area contributed by atoms with Gasteiger partial charge in [0, 0.05) is 11.1 Å². The molecular formula is C27H16ClN3O5S. The van der Waals surface area contributed by atoms with Crippen molar-refractivity contribution in [2.45, 2.75) is 0 Å². The number of nitrogens with zero attached hydrogens (tertiary/aromatic N) is 3. The molecular weight excluding hydrogens is 514 g/mol. The molecule has 10 heteroatoms. The van der Waals surface area contributed by atoms with E-state index in [0.29, 0.717) is 11.4 Å². The number of nitro benzene ring substituents is 1. The number of hydrogen-bond acceptors (Lipinski definition) is 6. The van der Waals surface area contributed by atoms with Crippen LogP contribution >= 0.6 is 23.8 Å². The Morgan fingerprint density at radius 3 is 1.95 bits per heavy atom.